The van der Waals surface area contributed by atoms with Gasteiger partial charge in [-0.15, -0.1) is 8.78 Å². The van der Waals surface area contributed by atoms with Gasteiger partial charge in [0.2, 0.25) is 0 Å². The second-order valence-corrected chi connectivity index (χ2v) is 10.1. The summed E-state index contributed by atoms with van der Waals surface area (Å²) >= 11 is 1.73. The molecule has 0 bridgehead atoms. The molecule has 0 amide bonds. The number of para-hydroxylation sites is 1. The molecule has 4 rings (SSSR count). The largest absolute Gasteiger partial charge is 0.586 e. The molecule has 1 N–H and O–H groups in total. The molecule has 2 aliphatic heterocycles. The molecular formula is C21H23F2NO5S2. The molecular weight excluding hydrogens is 448 g/mol. The van der Waals surface area contributed by atoms with Crippen molar-refractivity contribution >= 4 is 27.6 Å². The van der Waals surface area contributed by atoms with Crippen molar-refractivity contribution in [3.63, 3.8) is 0 Å². The maximum Gasteiger partial charge on any atom is 0.586 e. The second-order valence-electron chi connectivity index (χ2n) is 7.60. The zero-order valence-electron chi connectivity index (χ0n) is 17.1. The first-order chi connectivity index (χ1) is 14.7. The average Bonchev–Trinajstić information content (AvgIpc) is 3.24. The molecule has 2 aromatic rings. The molecule has 0 saturated carbocycles. The van der Waals surface area contributed by atoms with Crippen LogP contribution in [0.1, 0.15) is 34.9 Å². The lowest BCUT2D eigenvalue weighted by Gasteiger charge is -2.24. The van der Waals surface area contributed by atoms with Crippen molar-refractivity contribution in [2.75, 3.05) is 31.0 Å². The summed E-state index contributed by atoms with van der Waals surface area (Å²) in [7, 11) is -3.59. The van der Waals surface area contributed by atoms with Crippen LogP contribution in [0.15, 0.2) is 36.4 Å². The van der Waals surface area contributed by atoms with Gasteiger partial charge >= 0.3 is 6.29 Å². The monoisotopic (exact) mass is 471 g/mol. The molecule has 168 valence electrons. The van der Waals surface area contributed by atoms with Gasteiger partial charge in [-0.1, -0.05) is 24.3 Å². The molecule has 6 nitrogen and oxygen atoms in total. The van der Waals surface area contributed by atoms with Crippen molar-refractivity contribution in [3.05, 3.63) is 53.1 Å². The van der Waals surface area contributed by atoms with Gasteiger partial charge in [0.25, 0.3) is 10.1 Å². The molecule has 0 radical (unpaired) electrons. The first kappa shape index (κ1) is 22.2. The Morgan fingerprint density at radius 1 is 1.26 bits per heavy atom. The zero-order chi connectivity index (χ0) is 22.2. The highest BCUT2D eigenvalue weighted by molar-refractivity contribution is 7.97. The molecule has 0 aromatic heterocycles. The van der Waals surface area contributed by atoms with E-state index >= 15 is 0 Å². The van der Waals surface area contributed by atoms with Crippen molar-refractivity contribution < 1.29 is 30.9 Å². The fourth-order valence-electron chi connectivity index (χ4n) is 4.22. The molecule has 2 unspecified atom stereocenters. The molecule has 0 aliphatic carbocycles. The highest BCUT2D eigenvalue weighted by Crippen LogP contribution is 2.48. The fourth-order valence-corrected chi connectivity index (χ4v) is 5.17. The summed E-state index contributed by atoms with van der Waals surface area (Å²) in [5.41, 5.74) is 4.16. The van der Waals surface area contributed by atoms with Gasteiger partial charge in [0, 0.05) is 23.9 Å². The highest BCUT2D eigenvalue weighted by atomic mass is 32.2. The number of halogens is 2. The topological polar surface area (TPSA) is 73.9 Å². The van der Waals surface area contributed by atoms with Gasteiger partial charge < -0.3 is 14.8 Å². The number of ether oxygens (including phenoxy) is 2. The number of fused-ring (bicyclic) bond motifs is 2. The molecule has 0 spiro atoms. The summed E-state index contributed by atoms with van der Waals surface area (Å²) in [4.78, 5) is 0. The van der Waals surface area contributed by atoms with E-state index in [1.165, 1.54) is 11.6 Å². The Kier molecular flexibility index (Phi) is 6.06. The van der Waals surface area contributed by atoms with Crippen LogP contribution in [0.4, 0.5) is 14.5 Å². The Hall–Kier alpha value is -2.04. The summed E-state index contributed by atoms with van der Waals surface area (Å²) in [6.45, 7) is 0.638. The number of benzene rings is 2. The SMILES string of the molecule is CSCc1cccc2c1NCC2C(CCOS(C)(=O)=O)c1ccc2c(c1)OC(F)(F)O2. The number of alkyl halides is 2. The van der Waals surface area contributed by atoms with Gasteiger partial charge in [-0.2, -0.15) is 20.2 Å². The third-order valence-electron chi connectivity index (χ3n) is 5.45. The first-order valence-electron chi connectivity index (χ1n) is 9.75. The van der Waals surface area contributed by atoms with Crippen LogP contribution < -0.4 is 14.8 Å². The quantitative estimate of drug-likeness (QED) is 0.567. The lowest BCUT2D eigenvalue weighted by molar-refractivity contribution is -0.286. The summed E-state index contributed by atoms with van der Waals surface area (Å²) in [6.07, 6.45) is -0.253. The number of rotatable bonds is 8. The second kappa shape index (κ2) is 8.48. The average molecular weight is 472 g/mol. The van der Waals surface area contributed by atoms with Crippen molar-refractivity contribution in [3.8, 4) is 11.5 Å². The number of anilines is 1. The Morgan fingerprint density at radius 2 is 2.03 bits per heavy atom. The lowest BCUT2D eigenvalue weighted by Crippen LogP contribution is -2.25. The molecule has 0 fully saturated rings. The van der Waals surface area contributed by atoms with E-state index in [1.54, 1.807) is 23.9 Å². The smallest absolute Gasteiger partial charge is 0.395 e. The van der Waals surface area contributed by atoms with E-state index in [9.17, 15) is 17.2 Å². The Bertz CT molecular complexity index is 1080. The number of thioether (sulfide) groups is 1. The zero-order valence-corrected chi connectivity index (χ0v) is 18.7. The van der Waals surface area contributed by atoms with Crippen LogP contribution in [0.25, 0.3) is 0 Å². The van der Waals surface area contributed by atoms with Crippen LogP contribution in [-0.4, -0.2) is 40.4 Å². The number of nitrogens with one attached hydrogen (secondary N) is 1. The number of hydrogen-bond donors (Lipinski definition) is 1. The molecule has 2 heterocycles. The predicted octanol–water partition coefficient (Wildman–Crippen LogP) is 4.53. The van der Waals surface area contributed by atoms with E-state index in [-0.39, 0.29) is 29.9 Å². The van der Waals surface area contributed by atoms with Crippen molar-refractivity contribution in [1.29, 1.82) is 0 Å². The maximum absolute atomic E-state index is 13.5. The van der Waals surface area contributed by atoms with E-state index < -0.39 is 16.4 Å². The van der Waals surface area contributed by atoms with Crippen molar-refractivity contribution in [2.45, 2.75) is 30.3 Å². The highest BCUT2D eigenvalue weighted by Gasteiger charge is 2.44. The number of hydrogen-bond acceptors (Lipinski definition) is 7. The lowest BCUT2D eigenvalue weighted by atomic mass is 9.80. The molecule has 10 heteroatoms. The van der Waals surface area contributed by atoms with Gasteiger partial charge in [0.05, 0.1) is 12.9 Å². The Morgan fingerprint density at radius 3 is 2.77 bits per heavy atom. The van der Waals surface area contributed by atoms with Crippen LogP contribution in [0.3, 0.4) is 0 Å². The van der Waals surface area contributed by atoms with Gasteiger partial charge in [-0.3, -0.25) is 4.18 Å². The van der Waals surface area contributed by atoms with Crippen LogP contribution in [0.5, 0.6) is 11.5 Å². The minimum Gasteiger partial charge on any atom is -0.395 e. The van der Waals surface area contributed by atoms with Crippen LogP contribution in [-0.2, 0) is 20.1 Å². The summed E-state index contributed by atoms with van der Waals surface area (Å²) < 4.78 is 64.0. The maximum atomic E-state index is 13.5. The summed E-state index contributed by atoms with van der Waals surface area (Å²) in [5, 5.41) is 3.48. The minimum absolute atomic E-state index is 0.00949. The molecule has 0 saturated heterocycles. The van der Waals surface area contributed by atoms with Crippen LogP contribution in [0.2, 0.25) is 0 Å². The molecule has 2 aromatic carbocycles. The Labute approximate surface area is 184 Å². The van der Waals surface area contributed by atoms with E-state index in [0.717, 1.165) is 28.8 Å². The third-order valence-corrected chi connectivity index (χ3v) is 6.64. The normalized spacial score (nSPS) is 19.7. The van der Waals surface area contributed by atoms with Gasteiger partial charge in [0.1, 0.15) is 0 Å². The first-order valence-corrected chi connectivity index (χ1v) is 13.0. The van der Waals surface area contributed by atoms with E-state index in [2.05, 4.69) is 26.9 Å². The fraction of sp³-hybridized carbons (Fsp3) is 0.429. The summed E-state index contributed by atoms with van der Waals surface area (Å²) in [6, 6.07) is 10.9. The van der Waals surface area contributed by atoms with Gasteiger partial charge in [-0.05, 0) is 47.4 Å². The van der Waals surface area contributed by atoms with Crippen molar-refractivity contribution in [1.82, 2.24) is 0 Å². The van der Waals surface area contributed by atoms with E-state index in [1.807, 2.05) is 12.3 Å². The third kappa shape index (κ3) is 4.91. The Balaban J connectivity index is 1.67. The van der Waals surface area contributed by atoms with Crippen LogP contribution in [0, 0.1) is 0 Å². The standard InChI is InChI=1S/C21H23F2NO5S2/c1-30-12-14-4-3-5-16-17(11-24-20(14)16)15(8-9-27-31(2,25)26)13-6-7-18-19(10-13)29-21(22,23)28-18/h3-7,10,15,17,24H,8-9,11-12H2,1-2H3. The van der Waals surface area contributed by atoms with Gasteiger partial charge in [0.15, 0.2) is 11.5 Å². The van der Waals surface area contributed by atoms with E-state index in [4.69, 9.17) is 4.18 Å². The van der Waals surface area contributed by atoms with Crippen LogP contribution >= 0.6 is 11.8 Å². The molecule has 31 heavy (non-hydrogen) atoms. The summed E-state index contributed by atoms with van der Waals surface area (Å²) in [5.74, 6) is 0.652. The predicted molar refractivity (Wildman–Crippen MR) is 116 cm³/mol. The minimum atomic E-state index is -3.69. The molecule has 2 aliphatic rings. The van der Waals surface area contributed by atoms with Crippen molar-refractivity contribution in [2.24, 2.45) is 0 Å². The van der Waals surface area contributed by atoms with Gasteiger partial charge in [-0.25, -0.2) is 0 Å². The molecule has 2 atom stereocenters. The van der Waals surface area contributed by atoms with E-state index in [0.29, 0.717) is 13.0 Å².